The molecule has 23 heavy (non-hydrogen) atoms. The van der Waals surface area contributed by atoms with E-state index in [2.05, 4.69) is 35.8 Å². The molecule has 3 aromatic rings. The maximum absolute atomic E-state index is 12.2. The highest BCUT2D eigenvalue weighted by molar-refractivity contribution is 9.10. The molecular weight excluding hydrogens is 370 g/mol. The SMILES string of the molecule is FC(F)Oc1ccc(Cc2c(Br)cncc2-n2nccn2)cc1. The van der Waals surface area contributed by atoms with E-state index >= 15 is 0 Å². The third kappa shape index (κ3) is 3.70. The van der Waals surface area contributed by atoms with Gasteiger partial charge in [-0.2, -0.15) is 19.0 Å². The van der Waals surface area contributed by atoms with Crippen molar-refractivity contribution in [3.05, 3.63) is 64.7 Å². The Morgan fingerprint density at radius 3 is 2.43 bits per heavy atom. The Hall–Kier alpha value is -2.35. The topological polar surface area (TPSA) is 52.8 Å². The Balaban J connectivity index is 1.88. The molecule has 0 saturated heterocycles. The van der Waals surface area contributed by atoms with Crippen LogP contribution in [0.4, 0.5) is 8.78 Å². The molecule has 0 saturated carbocycles. The minimum atomic E-state index is -2.83. The molecule has 2 aromatic heterocycles. The van der Waals surface area contributed by atoms with Crippen molar-refractivity contribution in [2.24, 2.45) is 0 Å². The zero-order valence-corrected chi connectivity index (χ0v) is 13.3. The molecule has 0 unspecified atom stereocenters. The fourth-order valence-electron chi connectivity index (χ4n) is 2.13. The van der Waals surface area contributed by atoms with Gasteiger partial charge < -0.3 is 4.74 Å². The molecule has 0 aliphatic heterocycles. The van der Waals surface area contributed by atoms with Crippen LogP contribution < -0.4 is 4.74 Å². The number of pyridine rings is 1. The lowest BCUT2D eigenvalue weighted by molar-refractivity contribution is -0.0498. The van der Waals surface area contributed by atoms with Crippen LogP contribution in [0.15, 0.2) is 53.5 Å². The summed E-state index contributed by atoms with van der Waals surface area (Å²) >= 11 is 3.48. The Bertz CT molecular complexity index is 779. The van der Waals surface area contributed by atoms with Crippen molar-refractivity contribution in [2.75, 3.05) is 0 Å². The van der Waals surface area contributed by atoms with Gasteiger partial charge in [0.15, 0.2) is 0 Å². The Morgan fingerprint density at radius 1 is 1.09 bits per heavy atom. The van der Waals surface area contributed by atoms with E-state index in [4.69, 9.17) is 0 Å². The van der Waals surface area contributed by atoms with Gasteiger partial charge in [0.25, 0.3) is 0 Å². The van der Waals surface area contributed by atoms with Gasteiger partial charge in [-0.15, -0.1) is 4.80 Å². The van der Waals surface area contributed by atoms with Crippen molar-refractivity contribution < 1.29 is 13.5 Å². The summed E-state index contributed by atoms with van der Waals surface area (Å²) in [6.07, 6.45) is 7.10. The van der Waals surface area contributed by atoms with E-state index in [-0.39, 0.29) is 5.75 Å². The summed E-state index contributed by atoms with van der Waals surface area (Å²) in [7, 11) is 0. The van der Waals surface area contributed by atoms with Crippen LogP contribution in [-0.2, 0) is 6.42 Å². The van der Waals surface area contributed by atoms with Crippen molar-refractivity contribution in [1.29, 1.82) is 0 Å². The Morgan fingerprint density at radius 2 is 1.78 bits per heavy atom. The molecule has 1 aromatic carbocycles. The van der Waals surface area contributed by atoms with Crippen LogP contribution in [-0.4, -0.2) is 26.6 Å². The largest absolute Gasteiger partial charge is 0.435 e. The number of hydrogen-bond donors (Lipinski definition) is 0. The number of nitrogens with zero attached hydrogens (tertiary/aromatic N) is 4. The summed E-state index contributed by atoms with van der Waals surface area (Å²) in [5, 5.41) is 8.24. The minimum Gasteiger partial charge on any atom is -0.435 e. The maximum atomic E-state index is 12.2. The van der Waals surface area contributed by atoms with Crippen molar-refractivity contribution >= 4 is 15.9 Å². The molecule has 0 radical (unpaired) electrons. The number of ether oxygens (including phenoxy) is 1. The van der Waals surface area contributed by atoms with Crippen LogP contribution in [0, 0.1) is 0 Å². The second-order valence-corrected chi connectivity index (χ2v) is 5.49. The fraction of sp³-hybridized carbons (Fsp3) is 0.133. The second-order valence-electron chi connectivity index (χ2n) is 4.64. The molecular formula is C15H11BrF2N4O. The van der Waals surface area contributed by atoms with Crippen LogP contribution >= 0.6 is 15.9 Å². The van der Waals surface area contributed by atoms with E-state index < -0.39 is 6.61 Å². The Labute approximate surface area is 139 Å². The predicted octanol–water partition coefficient (Wildman–Crippen LogP) is 3.62. The number of halogens is 3. The first-order valence-corrected chi connectivity index (χ1v) is 7.45. The molecule has 8 heteroatoms. The van der Waals surface area contributed by atoms with E-state index in [1.165, 1.54) is 16.9 Å². The number of aromatic nitrogens is 4. The summed E-state index contributed by atoms with van der Waals surface area (Å²) in [5.74, 6) is 0.131. The molecule has 0 bridgehead atoms. The molecule has 0 spiro atoms. The predicted molar refractivity (Wildman–Crippen MR) is 82.7 cm³/mol. The monoisotopic (exact) mass is 380 g/mol. The van der Waals surface area contributed by atoms with Gasteiger partial charge in [0.2, 0.25) is 0 Å². The van der Waals surface area contributed by atoms with Crippen LogP contribution in [0.25, 0.3) is 5.69 Å². The molecule has 0 atom stereocenters. The van der Waals surface area contributed by atoms with Crippen LogP contribution in [0.5, 0.6) is 5.75 Å². The second kappa shape index (κ2) is 6.82. The molecule has 3 rings (SSSR count). The maximum Gasteiger partial charge on any atom is 0.387 e. The highest BCUT2D eigenvalue weighted by Gasteiger charge is 2.12. The van der Waals surface area contributed by atoms with E-state index in [9.17, 15) is 8.78 Å². The van der Waals surface area contributed by atoms with E-state index in [1.807, 2.05) is 0 Å². The third-order valence-electron chi connectivity index (χ3n) is 3.15. The minimum absolute atomic E-state index is 0.131. The molecule has 2 heterocycles. The average Bonchev–Trinajstić information content (AvgIpc) is 3.05. The van der Waals surface area contributed by atoms with Gasteiger partial charge in [-0.3, -0.25) is 4.98 Å². The molecule has 5 nitrogen and oxygen atoms in total. The van der Waals surface area contributed by atoms with Crippen molar-refractivity contribution in [3.63, 3.8) is 0 Å². The lowest BCUT2D eigenvalue weighted by Crippen LogP contribution is -2.06. The first kappa shape index (κ1) is 15.5. The standard InChI is InChI=1S/C15H11BrF2N4O/c16-13-8-19-9-14(22-20-5-6-21-22)12(13)7-10-1-3-11(4-2-10)23-15(17)18/h1-6,8-9,15H,7H2. The van der Waals surface area contributed by atoms with Gasteiger partial charge in [-0.05, 0) is 33.6 Å². The number of rotatable bonds is 5. The zero-order chi connectivity index (χ0) is 16.2. The van der Waals surface area contributed by atoms with Crippen molar-refractivity contribution in [1.82, 2.24) is 20.0 Å². The lowest BCUT2D eigenvalue weighted by atomic mass is 10.0. The van der Waals surface area contributed by atoms with E-state index in [1.54, 1.807) is 36.9 Å². The van der Waals surface area contributed by atoms with Gasteiger partial charge in [-0.1, -0.05) is 12.1 Å². The molecule has 0 aliphatic carbocycles. The lowest BCUT2D eigenvalue weighted by Gasteiger charge is -2.11. The highest BCUT2D eigenvalue weighted by Crippen LogP contribution is 2.25. The molecule has 0 N–H and O–H groups in total. The third-order valence-corrected chi connectivity index (χ3v) is 3.83. The highest BCUT2D eigenvalue weighted by atomic mass is 79.9. The van der Waals surface area contributed by atoms with Crippen molar-refractivity contribution in [3.8, 4) is 11.4 Å². The van der Waals surface area contributed by atoms with Gasteiger partial charge in [0.05, 0.1) is 18.6 Å². The molecule has 0 aliphatic rings. The van der Waals surface area contributed by atoms with Gasteiger partial charge in [0, 0.05) is 22.7 Å². The summed E-state index contributed by atoms with van der Waals surface area (Å²) in [5.41, 5.74) is 2.63. The number of hydrogen-bond acceptors (Lipinski definition) is 4. The van der Waals surface area contributed by atoms with E-state index in [0.29, 0.717) is 6.42 Å². The summed E-state index contributed by atoms with van der Waals surface area (Å²) in [6, 6.07) is 6.51. The fourth-order valence-corrected chi connectivity index (χ4v) is 2.59. The van der Waals surface area contributed by atoms with Crippen LogP contribution in [0.2, 0.25) is 0 Å². The van der Waals surface area contributed by atoms with Crippen LogP contribution in [0.1, 0.15) is 11.1 Å². The summed E-state index contributed by atoms with van der Waals surface area (Å²) in [6.45, 7) is -2.83. The van der Waals surface area contributed by atoms with Crippen molar-refractivity contribution in [2.45, 2.75) is 13.0 Å². The summed E-state index contributed by atoms with van der Waals surface area (Å²) < 4.78 is 29.5. The molecule has 0 amide bonds. The first-order valence-electron chi connectivity index (χ1n) is 6.66. The van der Waals surface area contributed by atoms with E-state index in [0.717, 1.165) is 21.3 Å². The van der Waals surface area contributed by atoms with Gasteiger partial charge in [0.1, 0.15) is 11.4 Å². The quantitative estimate of drug-likeness (QED) is 0.678. The Kier molecular flexibility index (Phi) is 4.61. The first-order chi connectivity index (χ1) is 11.1. The zero-order valence-electron chi connectivity index (χ0n) is 11.7. The number of alkyl halides is 2. The average molecular weight is 381 g/mol. The smallest absolute Gasteiger partial charge is 0.387 e. The molecule has 0 fully saturated rings. The number of benzene rings is 1. The normalized spacial score (nSPS) is 11.0. The molecule has 118 valence electrons. The summed E-state index contributed by atoms with van der Waals surface area (Å²) in [4.78, 5) is 5.63. The van der Waals surface area contributed by atoms with Gasteiger partial charge in [-0.25, -0.2) is 0 Å². The van der Waals surface area contributed by atoms with Gasteiger partial charge >= 0.3 is 6.61 Å². The van der Waals surface area contributed by atoms with Crippen LogP contribution in [0.3, 0.4) is 0 Å².